The zero-order valence-corrected chi connectivity index (χ0v) is 12.4. The molecule has 114 valence electrons. The van der Waals surface area contributed by atoms with Gasteiger partial charge in [-0.15, -0.1) is 11.3 Å². The van der Waals surface area contributed by atoms with Crippen LogP contribution in [0.5, 0.6) is 0 Å². The Morgan fingerprint density at radius 3 is 2.71 bits per heavy atom. The molecule has 0 atom stereocenters. The maximum absolute atomic E-state index is 13.5. The summed E-state index contributed by atoms with van der Waals surface area (Å²) in [4.78, 5) is 4.28. The van der Waals surface area contributed by atoms with E-state index in [0.717, 1.165) is 43.8 Å². The van der Waals surface area contributed by atoms with Gasteiger partial charge in [0.25, 0.3) is 0 Å². The molecule has 3 nitrogen and oxygen atoms in total. The van der Waals surface area contributed by atoms with Crippen molar-refractivity contribution in [1.29, 1.82) is 0 Å². The average Bonchev–Trinajstić information content (AvgIpc) is 2.92. The van der Waals surface area contributed by atoms with Crippen molar-refractivity contribution < 1.29 is 13.2 Å². The third-order valence-electron chi connectivity index (χ3n) is 2.81. The Hall–Kier alpha value is -1.60. The standard InChI is InChI=1S/C14H16F3N3S/c1-2-6-18-7-5-9-8-21-14(19-9)20-11-4-3-10(15)12(16)13(11)17/h3-4,8,18H,2,5-7H2,1H3,(H,19,20). The molecule has 2 N–H and O–H groups in total. The Labute approximate surface area is 125 Å². The lowest BCUT2D eigenvalue weighted by Gasteiger charge is -2.05. The van der Waals surface area contributed by atoms with E-state index in [-0.39, 0.29) is 5.69 Å². The number of rotatable bonds is 7. The summed E-state index contributed by atoms with van der Waals surface area (Å²) in [5.74, 6) is -3.93. The largest absolute Gasteiger partial charge is 0.329 e. The number of anilines is 2. The molecule has 1 heterocycles. The second-order valence-electron chi connectivity index (χ2n) is 4.49. The molecule has 0 aliphatic heterocycles. The van der Waals surface area contributed by atoms with Crippen molar-refractivity contribution in [2.75, 3.05) is 18.4 Å². The summed E-state index contributed by atoms with van der Waals surface area (Å²) in [6, 6.07) is 2.03. The van der Waals surface area contributed by atoms with Crippen molar-refractivity contribution in [2.24, 2.45) is 0 Å². The third kappa shape index (κ3) is 4.18. The van der Waals surface area contributed by atoms with Crippen LogP contribution in [0.25, 0.3) is 0 Å². The molecule has 0 amide bonds. The number of thiazole rings is 1. The lowest BCUT2D eigenvalue weighted by molar-refractivity contribution is 0.449. The summed E-state index contributed by atoms with van der Waals surface area (Å²) in [7, 11) is 0. The van der Waals surface area contributed by atoms with Crippen molar-refractivity contribution in [1.82, 2.24) is 10.3 Å². The number of aromatic nitrogens is 1. The monoisotopic (exact) mass is 315 g/mol. The summed E-state index contributed by atoms with van der Waals surface area (Å²) in [5.41, 5.74) is 0.744. The molecule has 0 spiro atoms. The highest BCUT2D eigenvalue weighted by atomic mass is 32.1. The number of hydrogen-bond acceptors (Lipinski definition) is 4. The highest BCUT2D eigenvalue weighted by molar-refractivity contribution is 7.13. The molecule has 1 aromatic heterocycles. The first kappa shape index (κ1) is 15.8. The van der Waals surface area contributed by atoms with Gasteiger partial charge in [-0.3, -0.25) is 0 Å². The van der Waals surface area contributed by atoms with Crippen LogP contribution in [0.2, 0.25) is 0 Å². The molecular weight excluding hydrogens is 299 g/mol. The van der Waals surface area contributed by atoms with Gasteiger partial charge in [0, 0.05) is 18.3 Å². The highest BCUT2D eigenvalue weighted by Gasteiger charge is 2.14. The highest BCUT2D eigenvalue weighted by Crippen LogP contribution is 2.25. The minimum absolute atomic E-state index is 0.126. The number of nitrogens with one attached hydrogen (secondary N) is 2. The Morgan fingerprint density at radius 2 is 1.95 bits per heavy atom. The molecule has 0 aliphatic rings. The maximum atomic E-state index is 13.5. The molecule has 7 heteroatoms. The van der Waals surface area contributed by atoms with E-state index in [1.165, 1.54) is 11.3 Å². The van der Waals surface area contributed by atoms with Crippen LogP contribution in [0.4, 0.5) is 24.0 Å². The molecule has 0 bridgehead atoms. The summed E-state index contributed by atoms with van der Waals surface area (Å²) < 4.78 is 39.5. The van der Waals surface area contributed by atoms with E-state index in [2.05, 4.69) is 22.5 Å². The third-order valence-corrected chi connectivity index (χ3v) is 3.62. The quantitative estimate of drug-likeness (QED) is 0.602. The van der Waals surface area contributed by atoms with Crippen LogP contribution in [0.15, 0.2) is 17.5 Å². The zero-order chi connectivity index (χ0) is 15.2. The summed E-state index contributed by atoms with van der Waals surface area (Å²) in [6.07, 6.45) is 1.83. The molecule has 0 fully saturated rings. The van der Waals surface area contributed by atoms with Crippen LogP contribution in [-0.4, -0.2) is 18.1 Å². The summed E-state index contributed by atoms with van der Waals surface area (Å²) in [6.45, 7) is 3.86. The topological polar surface area (TPSA) is 37.0 Å². The molecule has 21 heavy (non-hydrogen) atoms. The van der Waals surface area contributed by atoms with Crippen LogP contribution in [0.1, 0.15) is 19.0 Å². The molecular formula is C14H16F3N3S. The van der Waals surface area contributed by atoms with Gasteiger partial charge in [0.05, 0.1) is 11.4 Å². The van der Waals surface area contributed by atoms with Gasteiger partial charge in [0.15, 0.2) is 22.6 Å². The molecule has 0 radical (unpaired) electrons. The molecule has 1 aromatic carbocycles. The lowest BCUT2D eigenvalue weighted by Crippen LogP contribution is -2.17. The van der Waals surface area contributed by atoms with Crippen molar-refractivity contribution >= 4 is 22.2 Å². The lowest BCUT2D eigenvalue weighted by atomic mass is 10.3. The first-order valence-corrected chi connectivity index (χ1v) is 7.55. The van der Waals surface area contributed by atoms with Gasteiger partial charge < -0.3 is 10.6 Å². The Bertz CT molecular complexity index is 601. The van der Waals surface area contributed by atoms with E-state index in [9.17, 15) is 13.2 Å². The molecule has 0 aliphatic carbocycles. The SMILES string of the molecule is CCCNCCc1csc(Nc2ccc(F)c(F)c2F)n1. The Kier molecular flexibility index (Phi) is 5.58. The van der Waals surface area contributed by atoms with Gasteiger partial charge in [0.2, 0.25) is 0 Å². The van der Waals surface area contributed by atoms with Crippen LogP contribution in [0.3, 0.4) is 0 Å². The van der Waals surface area contributed by atoms with E-state index in [4.69, 9.17) is 0 Å². The van der Waals surface area contributed by atoms with Crippen molar-refractivity contribution in [3.63, 3.8) is 0 Å². The van der Waals surface area contributed by atoms with Gasteiger partial charge in [-0.2, -0.15) is 0 Å². The molecule has 0 unspecified atom stereocenters. The predicted molar refractivity (Wildman–Crippen MR) is 78.6 cm³/mol. The Morgan fingerprint density at radius 1 is 1.14 bits per heavy atom. The maximum Gasteiger partial charge on any atom is 0.196 e. The van der Waals surface area contributed by atoms with Gasteiger partial charge >= 0.3 is 0 Å². The average molecular weight is 315 g/mol. The predicted octanol–water partition coefficient (Wildman–Crippen LogP) is 3.85. The molecule has 2 rings (SSSR count). The number of benzene rings is 1. The second kappa shape index (κ2) is 7.42. The fourth-order valence-electron chi connectivity index (χ4n) is 1.74. The normalized spacial score (nSPS) is 10.9. The van der Waals surface area contributed by atoms with E-state index in [0.29, 0.717) is 5.13 Å². The van der Waals surface area contributed by atoms with E-state index in [1.807, 2.05) is 5.38 Å². The van der Waals surface area contributed by atoms with Crippen LogP contribution in [-0.2, 0) is 6.42 Å². The van der Waals surface area contributed by atoms with Gasteiger partial charge in [-0.05, 0) is 25.1 Å². The van der Waals surface area contributed by atoms with Gasteiger partial charge in [0.1, 0.15) is 0 Å². The van der Waals surface area contributed by atoms with Crippen LogP contribution < -0.4 is 10.6 Å². The molecule has 0 saturated carbocycles. The molecule has 0 saturated heterocycles. The smallest absolute Gasteiger partial charge is 0.196 e. The second-order valence-corrected chi connectivity index (χ2v) is 5.35. The van der Waals surface area contributed by atoms with E-state index in [1.54, 1.807) is 0 Å². The summed E-state index contributed by atoms with van der Waals surface area (Å²) in [5, 5.41) is 8.23. The van der Waals surface area contributed by atoms with Crippen molar-refractivity contribution in [2.45, 2.75) is 19.8 Å². The minimum Gasteiger partial charge on any atom is -0.329 e. The first-order valence-electron chi connectivity index (χ1n) is 6.67. The molecule has 2 aromatic rings. The van der Waals surface area contributed by atoms with E-state index >= 15 is 0 Å². The Balaban J connectivity index is 1.98. The van der Waals surface area contributed by atoms with Gasteiger partial charge in [-0.25, -0.2) is 18.2 Å². The van der Waals surface area contributed by atoms with Crippen LogP contribution >= 0.6 is 11.3 Å². The first-order chi connectivity index (χ1) is 10.1. The van der Waals surface area contributed by atoms with Crippen molar-refractivity contribution in [3.05, 3.63) is 40.7 Å². The summed E-state index contributed by atoms with van der Waals surface area (Å²) >= 11 is 1.29. The fraction of sp³-hybridized carbons (Fsp3) is 0.357. The van der Waals surface area contributed by atoms with Crippen molar-refractivity contribution in [3.8, 4) is 0 Å². The minimum atomic E-state index is -1.49. The van der Waals surface area contributed by atoms with Gasteiger partial charge in [-0.1, -0.05) is 6.92 Å². The number of hydrogen-bond donors (Lipinski definition) is 2. The van der Waals surface area contributed by atoms with E-state index < -0.39 is 17.5 Å². The fourth-order valence-corrected chi connectivity index (χ4v) is 2.49. The number of halogens is 3. The zero-order valence-electron chi connectivity index (χ0n) is 11.5. The number of nitrogens with zero attached hydrogens (tertiary/aromatic N) is 1. The van der Waals surface area contributed by atoms with Crippen LogP contribution in [0, 0.1) is 17.5 Å².